The Labute approximate surface area is 113 Å². The van der Waals surface area contributed by atoms with Crippen molar-refractivity contribution in [3.63, 3.8) is 0 Å². The van der Waals surface area contributed by atoms with E-state index in [1.54, 1.807) is 0 Å². The molecule has 0 spiro atoms. The monoisotopic (exact) mass is 297 g/mol. The van der Waals surface area contributed by atoms with E-state index in [4.69, 9.17) is 11.6 Å². The molecule has 0 aliphatic heterocycles. The summed E-state index contributed by atoms with van der Waals surface area (Å²) in [6.07, 6.45) is -3.31. The lowest BCUT2D eigenvalue weighted by atomic mass is 10.2. The number of aryl methyl sites for hydroxylation is 1. The molecule has 0 bridgehead atoms. The van der Waals surface area contributed by atoms with E-state index in [1.807, 2.05) is 6.92 Å². The first-order valence-corrected chi connectivity index (χ1v) is 6.21. The van der Waals surface area contributed by atoms with Crippen molar-refractivity contribution in [1.82, 2.24) is 9.78 Å². The van der Waals surface area contributed by atoms with Crippen LogP contribution >= 0.6 is 11.6 Å². The van der Waals surface area contributed by atoms with Crippen molar-refractivity contribution in [2.24, 2.45) is 0 Å². The Bertz CT molecular complexity index is 487. The summed E-state index contributed by atoms with van der Waals surface area (Å²) in [5, 5.41) is 6.26. The highest BCUT2D eigenvalue weighted by Crippen LogP contribution is 2.24. The van der Waals surface area contributed by atoms with Gasteiger partial charge in [-0.3, -0.25) is 4.79 Å². The second-order valence-corrected chi connectivity index (χ2v) is 4.64. The van der Waals surface area contributed by atoms with Crippen molar-refractivity contribution < 1.29 is 13.2 Å². The molecule has 1 heterocycles. The first-order chi connectivity index (χ1) is 8.74. The van der Waals surface area contributed by atoms with Crippen LogP contribution in [0.2, 0.25) is 5.02 Å². The lowest BCUT2D eigenvalue weighted by Crippen LogP contribution is -2.28. The number of rotatable bonds is 5. The Morgan fingerprint density at radius 1 is 1.53 bits per heavy atom. The summed E-state index contributed by atoms with van der Waals surface area (Å²) in [5.74, 6) is 0. The third kappa shape index (κ3) is 4.74. The first-order valence-electron chi connectivity index (χ1n) is 5.83. The van der Waals surface area contributed by atoms with Crippen LogP contribution in [-0.2, 0) is 6.54 Å². The molecular weight excluding hydrogens is 283 g/mol. The average Bonchev–Trinajstić information content (AvgIpc) is 2.26. The number of nitrogens with one attached hydrogen (secondary N) is 1. The highest BCUT2D eigenvalue weighted by Gasteiger charge is 2.30. The molecule has 0 fully saturated rings. The van der Waals surface area contributed by atoms with Crippen LogP contribution in [0.4, 0.5) is 18.9 Å². The third-order valence-corrected chi connectivity index (χ3v) is 2.73. The molecule has 1 aromatic heterocycles. The Balaban J connectivity index is 2.86. The minimum atomic E-state index is -4.27. The number of anilines is 1. The molecule has 1 atom stereocenters. The van der Waals surface area contributed by atoms with Crippen molar-refractivity contribution in [3.8, 4) is 0 Å². The summed E-state index contributed by atoms with van der Waals surface area (Å²) in [5.41, 5.74) is -0.386. The van der Waals surface area contributed by atoms with Crippen molar-refractivity contribution in [2.45, 2.75) is 45.5 Å². The molecule has 0 radical (unpaired) electrons. The van der Waals surface area contributed by atoms with Crippen LogP contribution in [0.3, 0.4) is 0 Å². The molecule has 108 valence electrons. The van der Waals surface area contributed by atoms with Crippen molar-refractivity contribution in [3.05, 3.63) is 21.6 Å². The van der Waals surface area contributed by atoms with Gasteiger partial charge >= 0.3 is 6.18 Å². The van der Waals surface area contributed by atoms with E-state index < -0.39 is 24.2 Å². The normalized spacial score (nSPS) is 13.4. The molecule has 1 N–H and O–H groups in total. The average molecular weight is 298 g/mol. The highest BCUT2D eigenvalue weighted by atomic mass is 35.5. The zero-order valence-corrected chi connectivity index (χ0v) is 11.3. The van der Waals surface area contributed by atoms with E-state index in [0.717, 1.165) is 0 Å². The van der Waals surface area contributed by atoms with Gasteiger partial charge in [0.1, 0.15) is 5.02 Å². The van der Waals surface area contributed by atoms with Crippen LogP contribution in [0.15, 0.2) is 11.0 Å². The second kappa shape index (κ2) is 6.27. The number of hydrogen-bond donors (Lipinski definition) is 1. The van der Waals surface area contributed by atoms with Crippen LogP contribution in [0, 0.1) is 0 Å². The van der Waals surface area contributed by atoms with E-state index in [9.17, 15) is 18.0 Å². The fourth-order valence-corrected chi connectivity index (χ4v) is 1.80. The maximum atomic E-state index is 12.2. The zero-order chi connectivity index (χ0) is 14.6. The van der Waals surface area contributed by atoms with Crippen molar-refractivity contribution >= 4 is 17.3 Å². The van der Waals surface area contributed by atoms with Crippen LogP contribution in [0.25, 0.3) is 0 Å². The largest absolute Gasteiger partial charge is 0.391 e. The molecule has 1 aromatic rings. The summed E-state index contributed by atoms with van der Waals surface area (Å²) < 4.78 is 37.8. The van der Waals surface area contributed by atoms with Gasteiger partial charge in [0.2, 0.25) is 0 Å². The summed E-state index contributed by atoms with van der Waals surface area (Å²) in [4.78, 5) is 11.8. The number of halogens is 4. The van der Waals surface area contributed by atoms with Gasteiger partial charge in [-0.15, -0.1) is 0 Å². The molecule has 19 heavy (non-hydrogen) atoms. The lowest BCUT2D eigenvalue weighted by molar-refractivity contribution is -0.136. The van der Waals surface area contributed by atoms with Crippen LogP contribution in [0.5, 0.6) is 0 Å². The molecule has 1 rings (SSSR count). The van der Waals surface area contributed by atoms with E-state index in [2.05, 4.69) is 10.4 Å². The van der Waals surface area contributed by atoms with Gasteiger partial charge in [0.05, 0.1) is 18.3 Å². The van der Waals surface area contributed by atoms with E-state index in [0.29, 0.717) is 13.0 Å². The van der Waals surface area contributed by atoms with Gasteiger partial charge in [-0.1, -0.05) is 18.5 Å². The molecule has 8 heteroatoms. The molecule has 0 aromatic carbocycles. The molecule has 0 aliphatic carbocycles. The van der Waals surface area contributed by atoms with Crippen molar-refractivity contribution in [2.75, 3.05) is 5.32 Å². The first kappa shape index (κ1) is 15.8. The van der Waals surface area contributed by atoms with E-state index in [1.165, 1.54) is 17.8 Å². The quantitative estimate of drug-likeness (QED) is 0.908. The highest BCUT2D eigenvalue weighted by molar-refractivity contribution is 6.32. The molecule has 1 unspecified atom stereocenters. The molecule has 0 saturated heterocycles. The topological polar surface area (TPSA) is 46.9 Å². The third-order valence-electron chi connectivity index (χ3n) is 2.36. The minimum Gasteiger partial charge on any atom is -0.380 e. The summed E-state index contributed by atoms with van der Waals surface area (Å²) in [6.45, 7) is 3.65. The van der Waals surface area contributed by atoms with Crippen LogP contribution < -0.4 is 10.9 Å². The van der Waals surface area contributed by atoms with Crippen LogP contribution in [-0.4, -0.2) is 22.0 Å². The molecule has 0 aliphatic rings. The predicted octanol–water partition coefficient (Wildman–Crippen LogP) is 3.06. The standard InChI is InChI=1S/C11H15ClF3N3O/c1-3-4-18-10(19)9(12)8(6-16-18)17-7(2)5-11(13,14)15/h6-7,17H,3-5H2,1-2H3. The van der Waals surface area contributed by atoms with Gasteiger partial charge in [0.15, 0.2) is 0 Å². The Hall–Kier alpha value is -1.24. The maximum Gasteiger partial charge on any atom is 0.391 e. The number of alkyl halides is 3. The number of nitrogens with zero attached hydrogens (tertiary/aromatic N) is 2. The fourth-order valence-electron chi connectivity index (χ4n) is 1.60. The van der Waals surface area contributed by atoms with E-state index in [-0.39, 0.29) is 10.7 Å². The number of hydrogen-bond acceptors (Lipinski definition) is 3. The number of aromatic nitrogens is 2. The smallest absolute Gasteiger partial charge is 0.380 e. The van der Waals surface area contributed by atoms with Gasteiger partial charge in [-0.25, -0.2) is 4.68 Å². The Kier molecular flexibility index (Phi) is 5.22. The van der Waals surface area contributed by atoms with Gasteiger partial charge in [0, 0.05) is 12.6 Å². The minimum absolute atomic E-state index is 0.121. The fraction of sp³-hybridized carbons (Fsp3) is 0.636. The summed E-state index contributed by atoms with van der Waals surface area (Å²) >= 11 is 5.83. The van der Waals surface area contributed by atoms with Gasteiger partial charge < -0.3 is 5.32 Å². The molecular formula is C11H15ClF3N3O. The summed E-state index contributed by atoms with van der Waals surface area (Å²) in [7, 11) is 0. The Morgan fingerprint density at radius 2 is 2.16 bits per heavy atom. The molecule has 0 amide bonds. The van der Waals surface area contributed by atoms with Crippen molar-refractivity contribution in [1.29, 1.82) is 0 Å². The molecule has 4 nitrogen and oxygen atoms in total. The lowest BCUT2D eigenvalue weighted by Gasteiger charge is -2.17. The summed E-state index contributed by atoms with van der Waals surface area (Å²) in [6, 6.07) is -0.888. The van der Waals surface area contributed by atoms with Gasteiger partial charge in [0.25, 0.3) is 5.56 Å². The maximum absolute atomic E-state index is 12.2. The van der Waals surface area contributed by atoms with E-state index >= 15 is 0 Å². The SMILES string of the molecule is CCCn1ncc(NC(C)CC(F)(F)F)c(Cl)c1=O. The second-order valence-electron chi connectivity index (χ2n) is 4.27. The van der Waals surface area contributed by atoms with Gasteiger partial charge in [-0.05, 0) is 13.3 Å². The van der Waals surface area contributed by atoms with Gasteiger partial charge in [-0.2, -0.15) is 18.3 Å². The van der Waals surface area contributed by atoms with Crippen LogP contribution in [0.1, 0.15) is 26.7 Å². The Morgan fingerprint density at radius 3 is 2.68 bits per heavy atom. The zero-order valence-electron chi connectivity index (χ0n) is 10.6. The predicted molar refractivity (Wildman–Crippen MR) is 67.6 cm³/mol. The molecule has 0 saturated carbocycles.